The Hall–Kier alpha value is -3.98. The maximum absolute atomic E-state index is 13.3. The van der Waals surface area contributed by atoms with Gasteiger partial charge in [-0.2, -0.15) is 0 Å². The molecule has 3 nitrogen and oxygen atoms in total. The summed E-state index contributed by atoms with van der Waals surface area (Å²) in [5, 5.41) is 0. The van der Waals surface area contributed by atoms with E-state index in [-0.39, 0.29) is 29.6 Å². The van der Waals surface area contributed by atoms with Crippen LogP contribution in [0.2, 0.25) is 0 Å². The van der Waals surface area contributed by atoms with Gasteiger partial charge in [-0.3, -0.25) is 14.5 Å². The summed E-state index contributed by atoms with van der Waals surface area (Å²) >= 11 is 0. The molecule has 0 N–H and O–H groups in total. The lowest BCUT2D eigenvalue weighted by atomic mass is 9.79. The Kier molecular flexibility index (Phi) is 4.69. The van der Waals surface area contributed by atoms with E-state index in [1.54, 1.807) is 12.1 Å². The molecule has 2 amide bonds. The van der Waals surface area contributed by atoms with Crippen molar-refractivity contribution in [2.24, 2.45) is 5.92 Å². The number of benzene rings is 4. The number of rotatable bonds is 4. The van der Waals surface area contributed by atoms with E-state index >= 15 is 0 Å². The lowest BCUT2D eigenvalue weighted by molar-refractivity contribution is 0.0622. The van der Waals surface area contributed by atoms with Crippen LogP contribution in [0.15, 0.2) is 109 Å². The average Bonchev–Trinajstić information content (AvgIpc) is 3.33. The van der Waals surface area contributed by atoms with Gasteiger partial charge in [-0.25, -0.2) is 0 Å². The zero-order valence-electron chi connectivity index (χ0n) is 18.1. The van der Waals surface area contributed by atoms with Gasteiger partial charge in [-0.05, 0) is 40.3 Å². The molecule has 160 valence electrons. The Morgan fingerprint density at radius 1 is 0.515 bits per heavy atom. The molecule has 1 heterocycles. The number of carbonyl (C=O) groups is 2. The molecule has 4 aromatic carbocycles. The van der Waals surface area contributed by atoms with Crippen LogP contribution in [-0.4, -0.2) is 23.3 Å². The van der Waals surface area contributed by atoms with Crippen molar-refractivity contribution in [3.63, 3.8) is 0 Å². The molecule has 4 aromatic rings. The summed E-state index contributed by atoms with van der Waals surface area (Å²) in [6.07, 6.45) is 0. The molecule has 3 atom stereocenters. The molecule has 0 fully saturated rings. The van der Waals surface area contributed by atoms with Gasteiger partial charge in [0.2, 0.25) is 0 Å². The fraction of sp³-hybridized carbons (Fsp3) is 0.133. The van der Waals surface area contributed by atoms with E-state index in [0.717, 1.165) is 0 Å². The quantitative estimate of drug-likeness (QED) is 0.380. The minimum absolute atomic E-state index is 0.0365. The number of amides is 2. The highest BCUT2D eigenvalue weighted by Gasteiger charge is 2.46. The lowest BCUT2D eigenvalue weighted by Gasteiger charge is -2.30. The molecule has 0 radical (unpaired) electrons. The highest BCUT2D eigenvalue weighted by Crippen LogP contribution is 2.53. The van der Waals surface area contributed by atoms with Gasteiger partial charge in [0.25, 0.3) is 11.8 Å². The highest BCUT2D eigenvalue weighted by atomic mass is 16.2. The smallest absolute Gasteiger partial charge is 0.261 e. The number of imide groups is 1. The van der Waals surface area contributed by atoms with Crippen molar-refractivity contribution >= 4 is 11.8 Å². The summed E-state index contributed by atoms with van der Waals surface area (Å²) in [4.78, 5) is 28.0. The van der Waals surface area contributed by atoms with Crippen LogP contribution in [0.3, 0.4) is 0 Å². The van der Waals surface area contributed by atoms with Crippen molar-refractivity contribution in [3.05, 3.63) is 143 Å². The van der Waals surface area contributed by atoms with Gasteiger partial charge in [0, 0.05) is 18.4 Å². The second kappa shape index (κ2) is 7.86. The number of hydrogen-bond acceptors (Lipinski definition) is 2. The first-order chi connectivity index (χ1) is 16.2. The Balaban J connectivity index is 1.49. The van der Waals surface area contributed by atoms with Crippen LogP contribution in [0.25, 0.3) is 0 Å². The molecule has 0 saturated carbocycles. The number of fused-ring (bicyclic) bond motifs is 2. The third-order valence-corrected chi connectivity index (χ3v) is 7.11. The number of carbonyl (C=O) groups excluding carboxylic acids is 2. The minimum Gasteiger partial charge on any atom is -0.274 e. The van der Waals surface area contributed by atoms with Crippen LogP contribution in [0.1, 0.15) is 54.8 Å². The van der Waals surface area contributed by atoms with Crippen molar-refractivity contribution < 1.29 is 9.59 Å². The summed E-state index contributed by atoms with van der Waals surface area (Å²) in [5.74, 6) is -0.154. The van der Waals surface area contributed by atoms with Gasteiger partial charge in [-0.15, -0.1) is 0 Å². The second-order valence-corrected chi connectivity index (χ2v) is 8.84. The zero-order chi connectivity index (χ0) is 22.4. The molecule has 0 saturated heterocycles. The van der Waals surface area contributed by atoms with E-state index in [0.29, 0.717) is 17.7 Å². The minimum atomic E-state index is -0.190. The first-order valence-electron chi connectivity index (χ1n) is 11.4. The van der Waals surface area contributed by atoms with Crippen LogP contribution in [0.5, 0.6) is 0 Å². The Morgan fingerprint density at radius 3 is 1.36 bits per heavy atom. The van der Waals surface area contributed by atoms with Gasteiger partial charge < -0.3 is 0 Å². The number of hydrogen-bond donors (Lipinski definition) is 0. The maximum Gasteiger partial charge on any atom is 0.261 e. The molecule has 2 aliphatic rings. The van der Waals surface area contributed by atoms with E-state index < -0.39 is 0 Å². The monoisotopic (exact) mass is 429 g/mol. The van der Waals surface area contributed by atoms with Crippen molar-refractivity contribution in [1.29, 1.82) is 0 Å². The van der Waals surface area contributed by atoms with Crippen LogP contribution in [0, 0.1) is 5.92 Å². The van der Waals surface area contributed by atoms with Crippen LogP contribution in [0.4, 0.5) is 0 Å². The molecular formula is C30H23NO2. The SMILES string of the molecule is O=C1c2ccccc2C(=O)N1CC1[C@H](c2ccccc2)c2ccccc2[C@@H]1c1ccccc1. The molecule has 1 aliphatic heterocycles. The lowest BCUT2D eigenvalue weighted by Crippen LogP contribution is -2.37. The van der Waals surface area contributed by atoms with Gasteiger partial charge in [-0.1, -0.05) is 97.1 Å². The maximum atomic E-state index is 13.3. The molecule has 0 spiro atoms. The van der Waals surface area contributed by atoms with Crippen molar-refractivity contribution in [2.45, 2.75) is 11.8 Å². The largest absolute Gasteiger partial charge is 0.274 e. The van der Waals surface area contributed by atoms with E-state index in [1.807, 2.05) is 24.3 Å². The topological polar surface area (TPSA) is 37.4 Å². The van der Waals surface area contributed by atoms with Crippen LogP contribution < -0.4 is 0 Å². The van der Waals surface area contributed by atoms with Crippen LogP contribution >= 0.6 is 0 Å². The van der Waals surface area contributed by atoms with E-state index in [2.05, 4.69) is 72.8 Å². The highest BCUT2D eigenvalue weighted by molar-refractivity contribution is 6.21. The first kappa shape index (κ1) is 19.7. The standard InChI is InChI=1S/C30H23NO2/c32-29-24-17-9-10-18-25(24)30(33)31(29)19-26-27(20-11-3-1-4-12-20)22-15-7-8-16-23(22)28(26)21-13-5-2-6-14-21/h1-18,26-28H,19H2/t26?,27-,28+. The average molecular weight is 430 g/mol. The molecular weight excluding hydrogens is 406 g/mol. The van der Waals surface area contributed by atoms with Gasteiger partial charge >= 0.3 is 0 Å². The molecule has 0 aromatic heterocycles. The van der Waals surface area contributed by atoms with Crippen molar-refractivity contribution in [2.75, 3.05) is 6.54 Å². The predicted molar refractivity (Wildman–Crippen MR) is 128 cm³/mol. The summed E-state index contributed by atoms with van der Waals surface area (Å²) in [7, 11) is 0. The second-order valence-electron chi connectivity index (χ2n) is 8.84. The normalized spacial score (nSPS) is 21.2. The van der Waals surface area contributed by atoms with E-state index in [4.69, 9.17) is 0 Å². The fourth-order valence-electron chi connectivity index (χ4n) is 5.73. The molecule has 1 aliphatic carbocycles. The van der Waals surface area contributed by atoms with E-state index in [1.165, 1.54) is 27.2 Å². The summed E-state index contributed by atoms with van der Waals surface area (Å²) in [6.45, 7) is 0.375. The van der Waals surface area contributed by atoms with Crippen LogP contribution in [-0.2, 0) is 0 Å². The fourth-order valence-corrected chi connectivity index (χ4v) is 5.73. The Morgan fingerprint density at radius 2 is 0.909 bits per heavy atom. The molecule has 6 rings (SSSR count). The number of nitrogens with zero attached hydrogens (tertiary/aromatic N) is 1. The molecule has 0 bridgehead atoms. The third kappa shape index (κ3) is 3.12. The van der Waals surface area contributed by atoms with Crippen molar-refractivity contribution in [1.82, 2.24) is 4.90 Å². The first-order valence-corrected chi connectivity index (χ1v) is 11.4. The van der Waals surface area contributed by atoms with Gasteiger partial charge in [0.1, 0.15) is 0 Å². The van der Waals surface area contributed by atoms with Gasteiger partial charge in [0.15, 0.2) is 0 Å². The molecule has 33 heavy (non-hydrogen) atoms. The Bertz CT molecular complexity index is 1240. The predicted octanol–water partition coefficient (Wildman–Crippen LogP) is 5.88. The summed E-state index contributed by atoms with van der Waals surface area (Å²) < 4.78 is 0. The molecule has 3 heteroatoms. The van der Waals surface area contributed by atoms with Gasteiger partial charge in [0.05, 0.1) is 11.1 Å². The van der Waals surface area contributed by atoms with E-state index in [9.17, 15) is 9.59 Å². The summed E-state index contributed by atoms with van der Waals surface area (Å²) in [5.41, 5.74) is 5.99. The Labute approximate surface area is 193 Å². The molecule has 1 unspecified atom stereocenters. The third-order valence-electron chi connectivity index (χ3n) is 7.11. The summed E-state index contributed by atoms with van der Waals surface area (Å²) in [6, 6.07) is 36.6. The van der Waals surface area contributed by atoms with Crippen molar-refractivity contribution in [3.8, 4) is 0 Å². The zero-order valence-corrected chi connectivity index (χ0v) is 18.1.